The van der Waals surface area contributed by atoms with E-state index in [0.29, 0.717) is 17.9 Å². The van der Waals surface area contributed by atoms with Gasteiger partial charge in [-0.05, 0) is 31.5 Å². The summed E-state index contributed by atoms with van der Waals surface area (Å²) in [6.07, 6.45) is 5.10. The molecule has 0 unspecified atom stereocenters. The number of carbonyl (C=O) groups is 2. The van der Waals surface area contributed by atoms with Crippen molar-refractivity contribution in [2.45, 2.75) is 32.2 Å². The Morgan fingerprint density at radius 1 is 1.24 bits per heavy atom. The lowest BCUT2D eigenvalue weighted by molar-refractivity contribution is -0.118. The Labute approximate surface area is 151 Å². The number of para-hydroxylation sites is 2. The number of benzene rings is 1. The average Bonchev–Trinajstić information content (AvgIpc) is 3.11. The van der Waals surface area contributed by atoms with Gasteiger partial charge in [-0.3, -0.25) is 14.5 Å². The Morgan fingerprint density at radius 3 is 2.68 bits per heavy atom. The number of piperidine rings is 1. The van der Waals surface area contributed by atoms with Crippen LogP contribution in [-0.4, -0.2) is 34.8 Å². The van der Waals surface area contributed by atoms with Crippen LogP contribution in [0.2, 0.25) is 0 Å². The number of nitrogens with zero attached hydrogens (tertiary/aromatic N) is 2. The number of likely N-dealkylation sites (tertiary alicyclic amines) is 1. The zero-order chi connectivity index (χ0) is 17.6. The first-order valence-electron chi connectivity index (χ1n) is 8.43. The number of carbonyl (C=O) groups excluding carboxylic acids is 2. The largest absolute Gasteiger partial charge is 0.325 e. The van der Waals surface area contributed by atoms with Crippen LogP contribution in [0.15, 0.2) is 35.8 Å². The van der Waals surface area contributed by atoms with Gasteiger partial charge in [0, 0.05) is 18.5 Å². The summed E-state index contributed by atoms with van der Waals surface area (Å²) in [5.41, 5.74) is 1.23. The molecule has 0 radical (unpaired) electrons. The molecule has 1 aromatic heterocycles. The van der Waals surface area contributed by atoms with Crippen molar-refractivity contribution in [3.8, 4) is 0 Å². The number of aromatic nitrogens is 1. The van der Waals surface area contributed by atoms with Gasteiger partial charge < -0.3 is 10.6 Å². The molecule has 0 bridgehead atoms. The number of hydrogen-bond acceptors (Lipinski definition) is 5. The summed E-state index contributed by atoms with van der Waals surface area (Å²) in [4.78, 5) is 30.5. The summed E-state index contributed by atoms with van der Waals surface area (Å²) in [6, 6.07) is 7.43. The summed E-state index contributed by atoms with van der Waals surface area (Å²) >= 11 is 1.64. The lowest BCUT2D eigenvalue weighted by Gasteiger charge is -2.33. The fraction of sp³-hybridized carbons (Fsp3) is 0.389. The van der Waals surface area contributed by atoms with Gasteiger partial charge in [0.2, 0.25) is 11.8 Å². The number of nitrogens with one attached hydrogen (secondary N) is 2. The molecule has 0 spiro atoms. The molecule has 1 aliphatic rings. The third-order valence-corrected chi connectivity index (χ3v) is 5.09. The molecule has 1 fully saturated rings. The molecule has 132 valence electrons. The molecule has 2 heterocycles. The Hall–Kier alpha value is -2.25. The molecule has 0 saturated carbocycles. The van der Waals surface area contributed by atoms with Crippen molar-refractivity contribution in [3.05, 3.63) is 40.8 Å². The van der Waals surface area contributed by atoms with Gasteiger partial charge in [-0.15, -0.1) is 11.3 Å². The van der Waals surface area contributed by atoms with E-state index in [-0.39, 0.29) is 17.9 Å². The standard InChI is InChI=1S/C18H22N4O2S/c1-13(23)20-14-6-2-3-7-15(14)21-17(24)12-22-10-5-4-8-16(22)18-19-9-11-25-18/h2-3,6-7,9,11,16H,4-5,8,10,12H2,1H3,(H,20,23)(H,21,24)/t16-/m1/s1. The highest BCUT2D eigenvalue weighted by atomic mass is 32.1. The van der Waals surface area contributed by atoms with Gasteiger partial charge in [0.15, 0.2) is 0 Å². The van der Waals surface area contributed by atoms with Crippen LogP contribution in [0.5, 0.6) is 0 Å². The summed E-state index contributed by atoms with van der Waals surface area (Å²) in [6.45, 7) is 2.66. The third kappa shape index (κ3) is 4.64. The first-order valence-corrected chi connectivity index (χ1v) is 9.31. The molecule has 1 atom stereocenters. The van der Waals surface area contributed by atoms with Crippen LogP contribution in [0.1, 0.15) is 37.2 Å². The van der Waals surface area contributed by atoms with Gasteiger partial charge in [0.25, 0.3) is 0 Å². The van der Waals surface area contributed by atoms with E-state index in [4.69, 9.17) is 0 Å². The van der Waals surface area contributed by atoms with Crippen molar-refractivity contribution in [2.75, 3.05) is 23.7 Å². The van der Waals surface area contributed by atoms with Crippen molar-refractivity contribution in [2.24, 2.45) is 0 Å². The highest BCUT2D eigenvalue weighted by Gasteiger charge is 2.27. The normalized spacial score (nSPS) is 17.9. The van der Waals surface area contributed by atoms with Gasteiger partial charge in [-0.25, -0.2) is 4.98 Å². The first-order chi connectivity index (χ1) is 12.1. The molecule has 2 aromatic rings. The Kier molecular flexibility index (Phi) is 5.78. The van der Waals surface area contributed by atoms with Crippen LogP contribution in [0.4, 0.5) is 11.4 Å². The number of anilines is 2. The molecule has 7 heteroatoms. The van der Waals surface area contributed by atoms with Gasteiger partial charge >= 0.3 is 0 Å². The van der Waals surface area contributed by atoms with E-state index in [2.05, 4.69) is 20.5 Å². The van der Waals surface area contributed by atoms with Gasteiger partial charge in [-0.2, -0.15) is 0 Å². The molecule has 2 N–H and O–H groups in total. The van der Waals surface area contributed by atoms with Crippen LogP contribution >= 0.6 is 11.3 Å². The van der Waals surface area contributed by atoms with Crippen LogP contribution < -0.4 is 10.6 Å². The van der Waals surface area contributed by atoms with E-state index >= 15 is 0 Å². The second kappa shape index (κ2) is 8.22. The maximum Gasteiger partial charge on any atom is 0.238 e. The molecule has 3 rings (SSSR count). The maximum atomic E-state index is 12.6. The summed E-state index contributed by atoms with van der Waals surface area (Å²) in [5.74, 6) is -0.247. The van der Waals surface area contributed by atoms with Gasteiger partial charge in [0.05, 0.1) is 24.0 Å². The van der Waals surface area contributed by atoms with Crippen molar-refractivity contribution in [1.29, 1.82) is 0 Å². The SMILES string of the molecule is CC(=O)Nc1ccccc1NC(=O)CN1CCCC[C@@H]1c1nccs1. The second-order valence-corrected chi connectivity index (χ2v) is 7.05. The van der Waals surface area contributed by atoms with E-state index in [9.17, 15) is 9.59 Å². The molecular formula is C18H22N4O2S. The molecule has 25 heavy (non-hydrogen) atoms. The van der Waals surface area contributed by atoms with E-state index in [1.54, 1.807) is 23.5 Å². The van der Waals surface area contributed by atoms with Crippen LogP contribution in [0.25, 0.3) is 0 Å². The molecule has 0 aliphatic carbocycles. The van der Waals surface area contributed by atoms with Gasteiger partial charge in [0.1, 0.15) is 5.01 Å². The minimum Gasteiger partial charge on any atom is -0.325 e. The Bertz CT molecular complexity index is 732. The number of rotatable bonds is 5. The predicted molar refractivity (Wildman–Crippen MR) is 99.7 cm³/mol. The monoisotopic (exact) mass is 358 g/mol. The molecule has 1 saturated heterocycles. The lowest BCUT2D eigenvalue weighted by atomic mass is 10.0. The quantitative estimate of drug-likeness (QED) is 0.860. The van der Waals surface area contributed by atoms with Crippen LogP contribution in [-0.2, 0) is 9.59 Å². The van der Waals surface area contributed by atoms with Crippen LogP contribution in [0, 0.1) is 0 Å². The number of hydrogen-bond donors (Lipinski definition) is 2. The van der Waals surface area contributed by atoms with Crippen molar-refractivity contribution >= 4 is 34.5 Å². The average molecular weight is 358 g/mol. The highest BCUT2D eigenvalue weighted by molar-refractivity contribution is 7.09. The fourth-order valence-electron chi connectivity index (χ4n) is 3.12. The minimum atomic E-state index is -0.165. The summed E-state index contributed by atoms with van der Waals surface area (Å²) < 4.78 is 0. The van der Waals surface area contributed by atoms with E-state index < -0.39 is 0 Å². The molecular weight excluding hydrogens is 336 g/mol. The van der Waals surface area contributed by atoms with Crippen molar-refractivity contribution < 1.29 is 9.59 Å². The second-order valence-electron chi connectivity index (χ2n) is 6.13. The van der Waals surface area contributed by atoms with Gasteiger partial charge in [-0.1, -0.05) is 18.6 Å². The van der Waals surface area contributed by atoms with Crippen molar-refractivity contribution in [3.63, 3.8) is 0 Å². The highest BCUT2D eigenvalue weighted by Crippen LogP contribution is 2.31. The predicted octanol–water partition coefficient (Wildman–Crippen LogP) is 3.27. The van der Waals surface area contributed by atoms with E-state index in [1.807, 2.05) is 23.7 Å². The van der Waals surface area contributed by atoms with Crippen molar-refractivity contribution in [1.82, 2.24) is 9.88 Å². The fourth-order valence-corrected chi connectivity index (χ4v) is 3.93. The number of amides is 2. The molecule has 6 nitrogen and oxygen atoms in total. The minimum absolute atomic E-state index is 0.0822. The topological polar surface area (TPSA) is 74.3 Å². The molecule has 1 aromatic carbocycles. The molecule has 2 amide bonds. The van der Waals surface area contributed by atoms with E-state index in [0.717, 1.165) is 30.8 Å². The summed E-state index contributed by atoms with van der Waals surface area (Å²) in [7, 11) is 0. The van der Waals surface area contributed by atoms with Crippen LogP contribution in [0.3, 0.4) is 0 Å². The Morgan fingerprint density at radius 2 is 2.00 bits per heavy atom. The molecule has 1 aliphatic heterocycles. The maximum absolute atomic E-state index is 12.6. The first kappa shape index (κ1) is 17.6. The third-order valence-electron chi connectivity index (χ3n) is 4.21. The zero-order valence-corrected chi connectivity index (χ0v) is 15.0. The smallest absolute Gasteiger partial charge is 0.238 e. The summed E-state index contributed by atoms with van der Waals surface area (Å²) in [5, 5.41) is 8.71. The zero-order valence-electron chi connectivity index (χ0n) is 14.2. The number of thiazole rings is 1. The van der Waals surface area contributed by atoms with E-state index in [1.165, 1.54) is 6.92 Å². The lowest BCUT2D eigenvalue weighted by Crippen LogP contribution is -2.39. The Balaban J connectivity index is 1.66.